The number of hydrogen-bond donors (Lipinski definition) is 1. The molecule has 1 aromatic rings. The topological polar surface area (TPSA) is 29.9 Å². The van der Waals surface area contributed by atoms with Crippen LogP contribution in [0, 0.1) is 12.3 Å². The van der Waals surface area contributed by atoms with Crippen LogP contribution in [0.2, 0.25) is 0 Å². The molecule has 0 aromatic carbocycles. The normalized spacial score (nSPS) is 10.4. The van der Waals surface area contributed by atoms with Crippen molar-refractivity contribution in [1.82, 2.24) is 14.9 Å². The first-order valence-corrected chi connectivity index (χ1v) is 4.19. The van der Waals surface area contributed by atoms with Gasteiger partial charge in [0.15, 0.2) is 0 Å². The third-order valence-electron chi connectivity index (χ3n) is 1.69. The monoisotopic (exact) mass is 199 g/mol. The first kappa shape index (κ1) is 10.7. The highest BCUT2D eigenvalue weighted by Crippen LogP contribution is 2.11. The van der Waals surface area contributed by atoms with Crippen molar-refractivity contribution in [3.05, 3.63) is 18.2 Å². The average Bonchev–Trinajstić information content (AvgIpc) is 2.60. The molecule has 0 spiro atoms. The second-order valence-corrected chi connectivity index (χ2v) is 2.66. The Kier molecular flexibility index (Phi) is 4.08. The highest BCUT2D eigenvalue weighted by atomic mass is 19.3. The molecule has 5 heteroatoms. The predicted octanol–water partition coefficient (Wildman–Crippen LogP) is 1.39. The van der Waals surface area contributed by atoms with Crippen molar-refractivity contribution in [1.29, 1.82) is 0 Å². The molecule has 3 nitrogen and oxygen atoms in total. The van der Waals surface area contributed by atoms with Crippen LogP contribution in [-0.2, 0) is 6.54 Å². The maximum absolute atomic E-state index is 12.3. The zero-order valence-electron chi connectivity index (χ0n) is 7.58. The molecule has 0 saturated carbocycles. The minimum atomic E-state index is -2.54. The van der Waals surface area contributed by atoms with Crippen LogP contribution in [0.3, 0.4) is 0 Å². The van der Waals surface area contributed by atoms with Gasteiger partial charge < -0.3 is 5.32 Å². The molecule has 14 heavy (non-hydrogen) atoms. The summed E-state index contributed by atoms with van der Waals surface area (Å²) in [7, 11) is 0. The first-order valence-electron chi connectivity index (χ1n) is 4.19. The Hall–Kier alpha value is -1.41. The van der Waals surface area contributed by atoms with E-state index in [-0.39, 0.29) is 0 Å². The van der Waals surface area contributed by atoms with E-state index in [4.69, 9.17) is 6.42 Å². The van der Waals surface area contributed by atoms with Crippen LogP contribution in [0.1, 0.15) is 18.8 Å². The summed E-state index contributed by atoms with van der Waals surface area (Å²) in [6.07, 6.45) is 8.22. The number of alkyl halides is 2. The molecule has 0 radical (unpaired) electrons. The molecule has 0 aliphatic carbocycles. The van der Waals surface area contributed by atoms with Crippen molar-refractivity contribution in [2.75, 3.05) is 6.54 Å². The number of rotatable bonds is 5. The average molecular weight is 199 g/mol. The molecule has 1 N–H and O–H groups in total. The second kappa shape index (κ2) is 5.35. The number of hydrogen-bond acceptors (Lipinski definition) is 2. The number of nitrogens with one attached hydrogen (secondary N) is 1. The summed E-state index contributed by atoms with van der Waals surface area (Å²) < 4.78 is 25.4. The summed E-state index contributed by atoms with van der Waals surface area (Å²) in [5.74, 6) is 2.76. The van der Waals surface area contributed by atoms with Gasteiger partial charge in [-0.15, -0.1) is 12.3 Å². The zero-order chi connectivity index (χ0) is 10.4. The van der Waals surface area contributed by atoms with E-state index >= 15 is 0 Å². The molecule has 1 heterocycles. The maximum atomic E-state index is 12.3. The van der Waals surface area contributed by atoms with Gasteiger partial charge in [0.2, 0.25) is 0 Å². The van der Waals surface area contributed by atoms with E-state index in [9.17, 15) is 8.78 Å². The fourth-order valence-electron chi connectivity index (χ4n) is 1.02. The van der Waals surface area contributed by atoms with Gasteiger partial charge in [-0.05, 0) is 0 Å². The van der Waals surface area contributed by atoms with E-state index in [1.807, 2.05) is 0 Å². The summed E-state index contributed by atoms with van der Waals surface area (Å²) in [5.41, 5.74) is 0. The van der Waals surface area contributed by atoms with E-state index < -0.39 is 6.55 Å². The lowest BCUT2D eigenvalue weighted by molar-refractivity contribution is 0.0666. The standard InChI is InChI=1S/C9H11F2N3/c1-2-3-4-12-7-8-13-5-6-14(8)9(10)11/h1,5-6,9,12H,3-4,7H2. The van der Waals surface area contributed by atoms with Gasteiger partial charge in [0.1, 0.15) is 5.82 Å². The van der Waals surface area contributed by atoms with E-state index in [1.165, 1.54) is 12.4 Å². The molecule has 0 unspecified atom stereocenters. The molecular formula is C9H11F2N3. The summed E-state index contributed by atoms with van der Waals surface area (Å²) in [6.45, 7) is -1.63. The van der Waals surface area contributed by atoms with Gasteiger partial charge in [-0.1, -0.05) is 0 Å². The van der Waals surface area contributed by atoms with Gasteiger partial charge in [0.25, 0.3) is 0 Å². The number of aromatic nitrogens is 2. The lowest BCUT2D eigenvalue weighted by atomic mass is 10.4. The van der Waals surface area contributed by atoms with Crippen molar-refractivity contribution >= 4 is 0 Å². The number of imidazole rings is 1. The molecule has 76 valence electrons. The minimum absolute atomic E-state index is 0.305. The van der Waals surface area contributed by atoms with E-state index in [2.05, 4.69) is 16.2 Å². The Morgan fingerprint density at radius 2 is 2.43 bits per heavy atom. The molecule has 1 aromatic heterocycles. The molecular weight excluding hydrogens is 188 g/mol. The molecule has 0 atom stereocenters. The van der Waals surface area contributed by atoms with Gasteiger partial charge >= 0.3 is 6.55 Å². The molecule has 1 rings (SSSR count). The number of terminal acetylenes is 1. The van der Waals surface area contributed by atoms with E-state index in [0.29, 0.717) is 25.3 Å². The third-order valence-corrected chi connectivity index (χ3v) is 1.69. The van der Waals surface area contributed by atoms with Crippen LogP contribution in [0.15, 0.2) is 12.4 Å². The molecule has 0 amide bonds. The Morgan fingerprint density at radius 3 is 3.07 bits per heavy atom. The Labute approximate surface area is 81.1 Å². The Bertz CT molecular complexity index is 314. The largest absolute Gasteiger partial charge is 0.319 e. The van der Waals surface area contributed by atoms with Gasteiger partial charge in [0.05, 0.1) is 6.54 Å². The van der Waals surface area contributed by atoms with E-state index in [0.717, 1.165) is 4.57 Å². The predicted molar refractivity (Wildman–Crippen MR) is 48.6 cm³/mol. The first-order chi connectivity index (χ1) is 6.75. The molecule has 0 fully saturated rings. The third kappa shape index (κ3) is 2.82. The van der Waals surface area contributed by atoms with Crippen LogP contribution >= 0.6 is 0 Å². The smallest absolute Gasteiger partial charge is 0.309 e. The second-order valence-electron chi connectivity index (χ2n) is 2.66. The summed E-state index contributed by atoms with van der Waals surface area (Å²) in [4.78, 5) is 3.80. The van der Waals surface area contributed by atoms with Gasteiger partial charge in [0, 0.05) is 25.4 Å². The number of nitrogens with zero attached hydrogens (tertiary/aromatic N) is 2. The zero-order valence-corrected chi connectivity index (χ0v) is 7.58. The minimum Gasteiger partial charge on any atom is -0.309 e. The Balaban J connectivity index is 2.43. The molecule has 0 bridgehead atoms. The van der Waals surface area contributed by atoms with Crippen molar-refractivity contribution in [2.24, 2.45) is 0 Å². The molecule has 0 aliphatic rings. The summed E-state index contributed by atoms with van der Waals surface area (Å²) in [5, 5.41) is 2.92. The lowest BCUT2D eigenvalue weighted by Gasteiger charge is -2.06. The van der Waals surface area contributed by atoms with Crippen LogP contribution in [-0.4, -0.2) is 16.1 Å². The van der Waals surface area contributed by atoms with Crippen LogP contribution in [0.4, 0.5) is 8.78 Å². The SMILES string of the molecule is C#CCCNCc1nccn1C(F)F. The quantitative estimate of drug-likeness (QED) is 0.573. The van der Waals surface area contributed by atoms with Gasteiger partial charge in [-0.25, -0.2) is 4.98 Å². The molecule has 0 saturated heterocycles. The van der Waals surface area contributed by atoms with Crippen LogP contribution in [0.25, 0.3) is 0 Å². The van der Waals surface area contributed by atoms with Gasteiger partial charge in [-0.3, -0.25) is 4.57 Å². The highest BCUT2D eigenvalue weighted by molar-refractivity contribution is 4.92. The molecule has 0 aliphatic heterocycles. The van der Waals surface area contributed by atoms with Crippen LogP contribution < -0.4 is 5.32 Å². The van der Waals surface area contributed by atoms with Gasteiger partial charge in [-0.2, -0.15) is 8.78 Å². The highest BCUT2D eigenvalue weighted by Gasteiger charge is 2.09. The Morgan fingerprint density at radius 1 is 1.64 bits per heavy atom. The van der Waals surface area contributed by atoms with Crippen molar-refractivity contribution in [2.45, 2.75) is 19.5 Å². The lowest BCUT2D eigenvalue weighted by Crippen LogP contribution is -2.18. The fourth-order valence-corrected chi connectivity index (χ4v) is 1.02. The number of halogens is 2. The maximum Gasteiger partial charge on any atom is 0.319 e. The summed E-state index contributed by atoms with van der Waals surface area (Å²) in [6, 6.07) is 0. The van der Waals surface area contributed by atoms with Crippen molar-refractivity contribution < 1.29 is 8.78 Å². The van der Waals surface area contributed by atoms with Crippen molar-refractivity contribution in [3.8, 4) is 12.3 Å². The van der Waals surface area contributed by atoms with E-state index in [1.54, 1.807) is 0 Å². The fraction of sp³-hybridized carbons (Fsp3) is 0.444. The summed E-state index contributed by atoms with van der Waals surface area (Å²) >= 11 is 0. The van der Waals surface area contributed by atoms with Crippen molar-refractivity contribution in [3.63, 3.8) is 0 Å². The van der Waals surface area contributed by atoms with Crippen LogP contribution in [0.5, 0.6) is 0 Å².